The maximum atomic E-state index is 12.2. The molecule has 0 spiro atoms. The van der Waals surface area contributed by atoms with E-state index in [1.54, 1.807) is 0 Å². The van der Waals surface area contributed by atoms with Gasteiger partial charge in [-0.25, -0.2) is 9.97 Å². The van der Waals surface area contributed by atoms with E-state index in [2.05, 4.69) is 41.0 Å². The van der Waals surface area contributed by atoms with Crippen molar-refractivity contribution < 1.29 is 4.79 Å². The van der Waals surface area contributed by atoms with E-state index < -0.39 is 0 Å². The molecule has 4 rings (SSSR count). The molecule has 5 unspecified atom stereocenters. The second kappa shape index (κ2) is 7.53. The zero-order valence-electron chi connectivity index (χ0n) is 17.5. The van der Waals surface area contributed by atoms with Gasteiger partial charge in [0.2, 0.25) is 11.9 Å². The molecule has 6 nitrogen and oxygen atoms in total. The summed E-state index contributed by atoms with van der Waals surface area (Å²) < 4.78 is 0. The summed E-state index contributed by atoms with van der Waals surface area (Å²) in [5.41, 5.74) is 6.53. The topological polar surface area (TPSA) is 84.1 Å². The average molecular weight is 386 g/mol. The van der Waals surface area contributed by atoms with Crippen LogP contribution in [0.1, 0.15) is 59.3 Å². The van der Waals surface area contributed by atoms with Crippen LogP contribution in [0.15, 0.2) is 12.4 Å². The van der Waals surface area contributed by atoms with Gasteiger partial charge in [0.05, 0.1) is 18.1 Å². The lowest BCUT2D eigenvalue weighted by atomic mass is 9.54. The fourth-order valence-electron chi connectivity index (χ4n) is 6.11. The number of anilines is 2. The van der Waals surface area contributed by atoms with Crippen molar-refractivity contribution >= 4 is 17.5 Å². The predicted octanol–water partition coefficient (Wildman–Crippen LogP) is 3.44. The molecule has 1 aromatic heterocycles. The molecule has 3 fully saturated rings. The number of nitrogens with one attached hydrogen (secondary N) is 1. The summed E-state index contributed by atoms with van der Waals surface area (Å²) in [7, 11) is 0. The molecule has 28 heavy (non-hydrogen) atoms. The third-order valence-electron chi connectivity index (χ3n) is 7.49. The van der Waals surface area contributed by atoms with Gasteiger partial charge >= 0.3 is 0 Å². The Hall–Kier alpha value is -1.85. The number of nitrogens with two attached hydrogens (primary N) is 1. The lowest BCUT2D eigenvalue weighted by molar-refractivity contribution is -0.136. The minimum atomic E-state index is -0.300. The Bertz CT molecular complexity index is 695. The summed E-state index contributed by atoms with van der Waals surface area (Å²) in [6.45, 7) is 8.91. The maximum absolute atomic E-state index is 12.2. The summed E-state index contributed by atoms with van der Waals surface area (Å²) in [4.78, 5) is 23.8. The molecule has 0 radical (unpaired) electrons. The van der Waals surface area contributed by atoms with Crippen LogP contribution in [0.5, 0.6) is 0 Å². The minimum Gasteiger partial charge on any atom is -0.379 e. The van der Waals surface area contributed by atoms with E-state index in [9.17, 15) is 4.79 Å². The van der Waals surface area contributed by atoms with E-state index >= 15 is 0 Å². The Morgan fingerprint density at radius 3 is 2.43 bits per heavy atom. The summed E-state index contributed by atoms with van der Waals surface area (Å²) in [5.74, 6) is 2.97. The number of carbonyl (C=O) groups is 1. The summed E-state index contributed by atoms with van der Waals surface area (Å²) >= 11 is 0. The third kappa shape index (κ3) is 3.70. The molecule has 2 bridgehead atoms. The molecule has 1 amide bonds. The van der Waals surface area contributed by atoms with Crippen LogP contribution in [0.2, 0.25) is 0 Å². The molecular formula is C22H35N5O. The van der Waals surface area contributed by atoms with Crippen molar-refractivity contribution in [3.8, 4) is 0 Å². The Kier molecular flexibility index (Phi) is 5.23. The highest BCUT2D eigenvalue weighted by atomic mass is 16.1. The molecule has 2 aliphatic carbocycles. The van der Waals surface area contributed by atoms with E-state index in [0.29, 0.717) is 23.8 Å². The zero-order valence-corrected chi connectivity index (χ0v) is 17.5. The van der Waals surface area contributed by atoms with Gasteiger partial charge in [-0.05, 0) is 62.2 Å². The number of hydrogen-bond acceptors (Lipinski definition) is 5. The van der Waals surface area contributed by atoms with Crippen molar-refractivity contribution in [2.24, 2.45) is 34.8 Å². The lowest BCUT2D eigenvalue weighted by Crippen LogP contribution is -2.54. The van der Waals surface area contributed by atoms with Gasteiger partial charge in [0.25, 0.3) is 0 Å². The van der Waals surface area contributed by atoms with Crippen molar-refractivity contribution in [3.63, 3.8) is 0 Å². The van der Waals surface area contributed by atoms with Crippen molar-refractivity contribution in [1.82, 2.24) is 9.97 Å². The predicted molar refractivity (Wildman–Crippen MR) is 112 cm³/mol. The van der Waals surface area contributed by atoms with E-state index in [0.717, 1.165) is 56.3 Å². The quantitative estimate of drug-likeness (QED) is 0.829. The average Bonchev–Trinajstić information content (AvgIpc) is 2.65. The van der Waals surface area contributed by atoms with Crippen molar-refractivity contribution in [1.29, 1.82) is 0 Å². The van der Waals surface area contributed by atoms with Crippen LogP contribution in [-0.4, -0.2) is 35.0 Å². The number of fused-ring (bicyclic) bond motifs is 2. The zero-order chi connectivity index (χ0) is 19.9. The fraction of sp³-hybridized carbons (Fsp3) is 0.773. The highest BCUT2D eigenvalue weighted by molar-refractivity contribution is 5.81. The van der Waals surface area contributed by atoms with Gasteiger partial charge < -0.3 is 16.0 Å². The number of hydrogen-bond donors (Lipinski definition) is 2. The van der Waals surface area contributed by atoms with Crippen LogP contribution < -0.4 is 16.0 Å². The van der Waals surface area contributed by atoms with Gasteiger partial charge in [-0.3, -0.25) is 4.79 Å². The molecule has 154 valence electrons. The van der Waals surface area contributed by atoms with Crippen LogP contribution in [0.25, 0.3) is 0 Å². The van der Waals surface area contributed by atoms with Gasteiger partial charge in [0.1, 0.15) is 0 Å². The highest BCUT2D eigenvalue weighted by Crippen LogP contribution is 2.53. The second-order valence-electron chi connectivity index (χ2n) is 9.95. The van der Waals surface area contributed by atoms with Crippen molar-refractivity contribution in [3.05, 3.63) is 12.4 Å². The van der Waals surface area contributed by atoms with Crippen LogP contribution >= 0.6 is 0 Å². The monoisotopic (exact) mass is 385 g/mol. The first-order valence-corrected chi connectivity index (χ1v) is 11.0. The Balaban J connectivity index is 1.44. The fourth-order valence-corrected chi connectivity index (χ4v) is 6.11. The number of nitrogens with zero attached hydrogens (tertiary/aromatic N) is 3. The Morgan fingerprint density at radius 2 is 1.79 bits per heavy atom. The van der Waals surface area contributed by atoms with Gasteiger partial charge in [0.15, 0.2) is 0 Å². The summed E-state index contributed by atoms with van der Waals surface area (Å²) in [6, 6.07) is 0.348. The van der Waals surface area contributed by atoms with E-state index in [1.807, 2.05) is 12.4 Å². The van der Waals surface area contributed by atoms with Gasteiger partial charge in [-0.1, -0.05) is 20.8 Å². The number of piperidine rings is 1. The number of aromatic nitrogens is 2. The first-order chi connectivity index (χ1) is 13.4. The molecule has 1 aromatic rings. The second-order valence-corrected chi connectivity index (χ2v) is 9.95. The Labute approximate surface area is 168 Å². The Morgan fingerprint density at radius 1 is 1.11 bits per heavy atom. The SMILES string of the molecule is CC1CCN(c2ncc(NC3C(C)CC4(C(N)=O)CC(C)CC3C4)cn2)CC1. The number of carbonyl (C=O) groups excluding carboxylic acids is 1. The molecule has 3 N–H and O–H groups in total. The standard InChI is InChI=1S/C22H35N5O/c1-14-4-6-27(7-5-14)21-24-12-18(13-25-21)26-19-16(3)10-22(20(23)28)9-15(2)8-17(19)11-22/h12-17,19,26H,4-11H2,1-3H3,(H2,23,28). The smallest absolute Gasteiger partial charge is 0.225 e. The number of primary amides is 1. The van der Waals surface area contributed by atoms with Crippen LogP contribution in [-0.2, 0) is 4.79 Å². The van der Waals surface area contributed by atoms with E-state index in [4.69, 9.17) is 5.73 Å². The molecule has 6 heteroatoms. The molecule has 2 saturated carbocycles. The first kappa shape index (κ1) is 19.5. The van der Waals surface area contributed by atoms with Gasteiger partial charge in [-0.15, -0.1) is 0 Å². The molecule has 1 saturated heterocycles. The van der Waals surface area contributed by atoms with Gasteiger partial charge in [0, 0.05) is 24.5 Å². The van der Waals surface area contributed by atoms with Crippen molar-refractivity contribution in [2.45, 2.75) is 65.3 Å². The number of amides is 1. The molecular weight excluding hydrogens is 350 g/mol. The van der Waals surface area contributed by atoms with Crippen molar-refractivity contribution in [2.75, 3.05) is 23.3 Å². The van der Waals surface area contributed by atoms with Crippen LogP contribution in [0.4, 0.5) is 11.6 Å². The van der Waals surface area contributed by atoms with Crippen LogP contribution in [0.3, 0.4) is 0 Å². The summed E-state index contributed by atoms with van der Waals surface area (Å²) in [5, 5.41) is 3.70. The normalized spacial score (nSPS) is 36.2. The third-order valence-corrected chi connectivity index (χ3v) is 7.49. The minimum absolute atomic E-state index is 0.0992. The molecule has 0 aromatic carbocycles. The van der Waals surface area contributed by atoms with Crippen LogP contribution in [0, 0.1) is 29.1 Å². The molecule has 1 aliphatic heterocycles. The molecule has 3 aliphatic rings. The highest BCUT2D eigenvalue weighted by Gasteiger charge is 2.51. The van der Waals surface area contributed by atoms with Gasteiger partial charge in [-0.2, -0.15) is 0 Å². The lowest BCUT2D eigenvalue weighted by Gasteiger charge is -2.52. The largest absolute Gasteiger partial charge is 0.379 e. The molecule has 2 heterocycles. The van der Waals surface area contributed by atoms with E-state index in [1.165, 1.54) is 12.8 Å². The first-order valence-electron chi connectivity index (χ1n) is 11.0. The number of rotatable bonds is 4. The van der Waals surface area contributed by atoms with E-state index in [-0.39, 0.29) is 11.3 Å². The molecule has 5 atom stereocenters. The summed E-state index contributed by atoms with van der Waals surface area (Å²) in [6.07, 6.45) is 10.2. The maximum Gasteiger partial charge on any atom is 0.225 e.